The minimum atomic E-state index is -3.32. The van der Waals surface area contributed by atoms with Gasteiger partial charge in [-0.25, -0.2) is 8.42 Å². The van der Waals surface area contributed by atoms with Gasteiger partial charge in [0, 0.05) is 27.5 Å². The van der Waals surface area contributed by atoms with Gasteiger partial charge in [-0.05, 0) is 68.3 Å². The molecule has 1 aliphatic heterocycles. The summed E-state index contributed by atoms with van der Waals surface area (Å²) in [4.78, 5) is 14.7. The third kappa shape index (κ3) is 3.72. The SMILES string of the molecule is CCS(=O)(=O)Nc1ccc(C(=O)N2c3ccc(Br)cc3C[C@@H]2C)cc1. The van der Waals surface area contributed by atoms with Gasteiger partial charge in [0.1, 0.15) is 0 Å². The summed E-state index contributed by atoms with van der Waals surface area (Å²) in [5.74, 6) is -0.0795. The highest BCUT2D eigenvalue weighted by molar-refractivity contribution is 9.10. The van der Waals surface area contributed by atoms with Crippen molar-refractivity contribution in [3.63, 3.8) is 0 Å². The number of amides is 1. The molecule has 0 saturated heterocycles. The summed E-state index contributed by atoms with van der Waals surface area (Å²) in [6.07, 6.45) is 0.814. The molecule has 1 aliphatic rings. The Balaban J connectivity index is 1.85. The topological polar surface area (TPSA) is 66.5 Å². The van der Waals surface area contributed by atoms with Crippen molar-refractivity contribution in [3.05, 3.63) is 58.1 Å². The molecule has 0 saturated carbocycles. The smallest absolute Gasteiger partial charge is 0.258 e. The van der Waals surface area contributed by atoms with E-state index in [0.717, 1.165) is 22.1 Å². The zero-order valence-corrected chi connectivity index (χ0v) is 16.4. The summed E-state index contributed by atoms with van der Waals surface area (Å²) in [5.41, 5.74) is 3.05. The van der Waals surface area contributed by atoms with Crippen LogP contribution >= 0.6 is 15.9 Å². The lowest BCUT2D eigenvalue weighted by Crippen LogP contribution is -2.35. The van der Waals surface area contributed by atoms with Crippen LogP contribution in [0.5, 0.6) is 0 Å². The van der Waals surface area contributed by atoms with Crippen molar-refractivity contribution < 1.29 is 13.2 Å². The number of carbonyl (C=O) groups is 1. The van der Waals surface area contributed by atoms with Crippen molar-refractivity contribution in [1.82, 2.24) is 0 Å². The van der Waals surface area contributed by atoms with E-state index < -0.39 is 10.0 Å². The molecule has 2 aromatic carbocycles. The van der Waals surface area contributed by atoms with Crippen molar-refractivity contribution >= 4 is 43.2 Å². The highest BCUT2D eigenvalue weighted by atomic mass is 79.9. The molecule has 132 valence electrons. The molecule has 3 rings (SSSR count). The molecule has 25 heavy (non-hydrogen) atoms. The molecule has 0 radical (unpaired) electrons. The molecule has 1 N–H and O–H groups in total. The molecule has 0 bridgehead atoms. The average molecular weight is 423 g/mol. The number of halogens is 1. The quantitative estimate of drug-likeness (QED) is 0.814. The van der Waals surface area contributed by atoms with Gasteiger partial charge in [0.15, 0.2) is 0 Å². The number of rotatable bonds is 4. The first-order chi connectivity index (χ1) is 11.8. The molecule has 1 heterocycles. The number of carbonyl (C=O) groups excluding carboxylic acids is 1. The van der Waals surface area contributed by atoms with E-state index in [1.807, 2.05) is 25.1 Å². The molecule has 2 aromatic rings. The van der Waals surface area contributed by atoms with Gasteiger partial charge in [-0.2, -0.15) is 0 Å². The van der Waals surface area contributed by atoms with Gasteiger partial charge < -0.3 is 4.90 Å². The van der Waals surface area contributed by atoms with Gasteiger partial charge >= 0.3 is 0 Å². The third-order valence-electron chi connectivity index (χ3n) is 4.26. The molecule has 0 aliphatic carbocycles. The summed E-state index contributed by atoms with van der Waals surface area (Å²) >= 11 is 3.46. The molecular formula is C18H19BrN2O3S. The van der Waals surface area contributed by atoms with E-state index in [-0.39, 0.29) is 17.7 Å². The molecule has 7 heteroatoms. The zero-order valence-electron chi connectivity index (χ0n) is 14.0. The van der Waals surface area contributed by atoms with E-state index in [0.29, 0.717) is 11.3 Å². The number of nitrogens with zero attached hydrogens (tertiary/aromatic N) is 1. The molecule has 1 amide bonds. The average Bonchev–Trinajstić information content (AvgIpc) is 2.89. The Bertz CT molecular complexity index is 910. The second kappa shape index (κ2) is 6.80. The maximum absolute atomic E-state index is 12.9. The Hall–Kier alpha value is -1.86. The van der Waals surface area contributed by atoms with Crippen molar-refractivity contribution in [2.45, 2.75) is 26.3 Å². The maximum Gasteiger partial charge on any atom is 0.258 e. The number of nitrogens with one attached hydrogen (secondary N) is 1. The number of hydrogen-bond donors (Lipinski definition) is 1. The Morgan fingerprint density at radius 2 is 1.92 bits per heavy atom. The Morgan fingerprint density at radius 3 is 2.56 bits per heavy atom. The summed E-state index contributed by atoms with van der Waals surface area (Å²) in [7, 11) is -3.32. The summed E-state index contributed by atoms with van der Waals surface area (Å²) in [6, 6.07) is 12.5. The molecule has 5 nitrogen and oxygen atoms in total. The van der Waals surface area contributed by atoms with Crippen molar-refractivity contribution in [2.24, 2.45) is 0 Å². The van der Waals surface area contributed by atoms with Gasteiger partial charge in [-0.3, -0.25) is 9.52 Å². The molecule has 0 unspecified atom stereocenters. The monoisotopic (exact) mass is 422 g/mol. The molecular weight excluding hydrogens is 404 g/mol. The van der Waals surface area contributed by atoms with Crippen LogP contribution in [0, 0.1) is 0 Å². The number of benzene rings is 2. The van der Waals surface area contributed by atoms with E-state index in [4.69, 9.17) is 0 Å². The second-order valence-corrected chi connectivity index (χ2v) is 9.01. The van der Waals surface area contributed by atoms with Gasteiger partial charge in [0.25, 0.3) is 5.91 Å². The van der Waals surface area contributed by atoms with E-state index in [2.05, 4.69) is 20.7 Å². The first-order valence-corrected chi connectivity index (χ1v) is 10.5. The highest BCUT2D eigenvalue weighted by Crippen LogP contribution is 2.35. The number of anilines is 2. The summed E-state index contributed by atoms with van der Waals surface area (Å²) in [6.45, 7) is 3.60. The number of sulfonamides is 1. The van der Waals surface area contributed by atoms with Gasteiger partial charge in [-0.15, -0.1) is 0 Å². The normalized spacial score (nSPS) is 16.6. The fourth-order valence-electron chi connectivity index (χ4n) is 2.98. The minimum absolute atomic E-state index is 0.00528. The van der Waals surface area contributed by atoms with E-state index in [9.17, 15) is 13.2 Å². The third-order valence-corrected chi connectivity index (χ3v) is 6.06. The largest absolute Gasteiger partial charge is 0.305 e. The van der Waals surface area contributed by atoms with E-state index in [1.54, 1.807) is 36.1 Å². The lowest BCUT2D eigenvalue weighted by atomic mass is 10.1. The molecule has 0 fully saturated rings. The van der Waals surface area contributed by atoms with Gasteiger partial charge in [0.05, 0.1) is 5.75 Å². The lowest BCUT2D eigenvalue weighted by molar-refractivity contribution is 0.0981. The van der Waals surface area contributed by atoms with Crippen LogP contribution in [0.15, 0.2) is 46.9 Å². The maximum atomic E-state index is 12.9. The van der Waals surface area contributed by atoms with Crippen LogP contribution in [0.25, 0.3) is 0 Å². The van der Waals surface area contributed by atoms with E-state index >= 15 is 0 Å². The number of fused-ring (bicyclic) bond motifs is 1. The standard InChI is InChI=1S/C18H19BrN2O3S/c1-3-25(23,24)20-16-7-4-13(5-8-16)18(22)21-12(2)10-14-11-15(19)6-9-17(14)21/h4-9,11-12,20H,3,10H2,1-2H3/t12-/m0/s1. The fourth-order valence-corrected chi connectivity index (χ4v) is 4.03. The van der Waals surface area contributed by atoms with Crippen LogP contribution in [0.4, 0.5) is 11.4 Å². The van der Waals surface area contributed by atoms with Crippen molar-refractivity contribution in [3.8, 4) is 0 Å². The van der Waals surface area contributed by atoms with Crippen LogP contribution in [0.1, 0.15) is 29.8 Å². The van der Waals surface area contributed by atoms with E-state index in [1.165, 1.54) is 0 Å². The van der Waals surface area contributed by atoms with Crippen LogP contribution in [-0.4, -0.2) is 26.1 Å². The van der Waals surface area contributed by atoms with Gasteiger partial charge in [0.2, 0.25) is 10.0 Å². The second-order valence-electron chi connectivity index (χ2n) is 6.08. The minimum Gasteiger partial charge on any atom is -0.305 e. The van der Waals surface area contributed by atoms with Crippen LogP contribution < -0.4 is 9.62 Å². The van der Waals surface area contributed by atoms with Gasteiger partial charge in [-0.1, -0.05) is 15.9 Å². The first kappa shape index (κ1) is 17.9. The molecule has 1 atom stereocenters. The van der Waals surface area contributed by atoms with Crippen LogP contribution in [-0.2, 0) is 16.4 Å². The lowest BCUT2D eigenvalue weighted by Gasteiger charge is -2.23. The predicted octanol–water partition coefficient (Wildman–Crippen LogP) is 3.80. The first-order valence-electron chi connectivity index (χ1n) is 8.03. The van der Waals surface area contributed by atoms with Crippen molar-refractivity contribution in [2.75, 3.05) is 15.4 Å². The van der Waals surface area contributed by atoms with Crippen LogP contribution in [0.2, 0.25) is 0 Å². The number of hydrogen-bond acceptors (Lipinski definition) is 3. The predicted molar refractivity (Wildman–Crippen MR) is 104 cm³/mol. The fraction of sp³-hybridized carbons (Fsp3) is 0.278. The summed E-state index contributed by atoms with van der Waals surface area (Å²) in [5, 5.41) is 0. The Kier molecular flexibility index (Phi) is 4.88. The Morgan fingerprint density at radius 1 is 1.24 bits per heavy atom. The van der Waals surface area contributed by atoms with Crippen molar-refractivity contribution in [1.29, 1.82) is 0 Å². The summed E-state index contributed by atoms with van der Waals surface area (Å²) < 4.78 is 26.7. The Labute approximate surface area is 156 Å². The highest BCUT2D eigenvalue weighted by Gasteiger charge is 2.31. The zero-order chi connectivity index (χ0) is 18.2. The van der Waals surface area contributed by atoms with Crippen LogP contribution in [0.3, 0.4) is 0 Å². The molecule has 0 spiro atoms. The molecule has 0 aromatic heterocycles.